The van der Waals surface area contributed by atoms with Crippen molar-refractivity contribution in [3.63, 3.8) is 0 Å². The average Bonchev–Trinajstić information content (AvgIpc) is 3.03. The van der Waals surface area contributed by atoms with Crippen LogP contribution in [0.3, 0.4) is 0 Å². The molecule has 0 unspecified atom stereocenters. The molecule has 3 aromatic rings. The fraction of sp³-hybridized carbons (Fsp3) is 0.395. The van der Waals surface area contributed by atoms with Crippen LogP contribution in [0, 0.1) is 0 Å². The van der Waals surface area contributed by atoms with Crippen molar-refractivity contribution in [2.24, 2.45) is 0 Å². The summed E-state index contributed by atoms with van der Waals surface area (Å²) >= 11 is 0. The second kappa shape index (κ2) is 17.8. The molecule has 0 aliphatic heterocycles. The van der Waals surface area contributed by atoms with Gasteiger partial charge in [-0.25, -0.2) is 0 Å². The number of aliphatic carboxylic acids is 2. The summed E-state index contributed by atoms with van der Waals surface area (Å²) in [4.78, 5) is 34.7. The van der Waals surface area contributed by atoms with E-state index < -0.39 is 11.9 Å². The highest BCUT2D eigenvalue weighted by Crippen LogP contribution is 2.32. The third kappa shape index (κ3) is 10.6. The minimum atomic E-state index is -0.862. The van der Waals surface area contributed by atoms with E-state index in [0.29, 0.717) is 38.0 Å². The van der Waals surface area contributed by atoms with Gasteiger partial charge in [0, 0.05) is 30.4 Å². The lowest BCUT2D eigenvalue weighted by Gasteiger charge is -2.21. The predicted molar refractivity (Wildman–Crippen MR) is 175 cm³/mol. The van der Waals surface area contributed by atoms with Gasteiger partial charge in [0.25, 0.3) is 0 Å². The number of hydrogen-bond donors (Lipinski definition) is 2. The molecule has 0 aromatic heterocycles. The van der Waals surface area contributed by atoms with Crippen molar-refractivity contribution in [2.45, 2.75) is 83.5 Å². The van der Waals surface area contributed by atoms with Crippen molar-refractivity contribution in [3.8, 4) is 11.5 Å². The highest BCUT2D eigenvalue weighted by atomic mass is 16.5. The molecule has 0 heterocycles. The molecule has 0 radical (unpaired) electrons. The van der Waals surface area contributed by atoms with E-state index in [2.05, 4.69) is 24.3 Å². The lowest BCUT2D eigenvalue weighted by molar-refractivity contribution is -0.138. The average molecular weight is 613 g/mol. The fourth-order valence-electron chi connectivity index (χ4n) is 5.87. The predicted octanol–water partition coefficient (Wildman–Crippen LogP) is 7.90. The smallest absolute Gasteiger partial charge is 0.303 e. The summed E-state index contributed by atoms with van der Waals surface area (Å²) < 4.78 is 12.2. The van der Waals surface area contributed by atoms with Crippen LogP contribution in [-0.2, 0) is 35.3 Å². The van der Waals surface area contributed by atoms with Gasteiger partial charge in [-0.1, -0.05) is 67.5 Å². The van der Waals surface area contributed by atoms with E-state index in [1.165, 1.54) is 0 Å². The maximum Gasteiger partial charge on any atom is 0.303 e. The van der Waals surface area contributed by atoms with Gasteiger partial charge >= 0.3 is 11.9 Å². The molecule has 2 N–H and O–H groups in total. The molecule has 0 amide bonds. The molecular weight excluding hydrogens is 568 g/mol. The summed E-state index contributed by atoms with van der Waals surface area (Å²) in [5, 5.41) is 18.1. The minimum Gasteiger partial charge on any atom is -0.493 e. The molecule has 0 fully saturated rings. The van der Waals surface area contributed by atoms with Crippen LogP contribution in [0.25, 0.3) is 6.08 Å². The monoisotopic (exact) mass is 612 g/mol. The molecule has 4 rings (SSSR count). The van der Waals surface area contributed by atoms with E-state index in [0.717, 1.165) is 84.1 Å². The molecule has 0 bridgehead atoms. The number of carbonyl (C=O) groups excluding carboxylic acids is 1. The first-order valence-corrected chi connectivity index (χ1v) is 16.1. The van der Waals surface area contributed by atoms with E-state index in [1.807, 2.05) is 48.5 Å². The molecule has 1 aliphatic rings. The number of benzene rings is 3. The first kappa shape index (κ1) is 33.5. The summed E-state index contributed by atoms with van der Waals surface area (Å²) in [7, 11) is 0. The number of unbranched alkanes of at least 4 members (excludes halogenated alkanes) is 3. The molecule has 238 valence electrons. The molecule has 7 heteroatoms. The van der Waals surface area contributed by atoms with Crippen LogP contribution in [-0.4, -0.2) is 41.1 Å². The highest BCUT2D eigenvalue weighted by molar-refractivity contribution is 5.99. The van der Waals surface area contributed by atoms with Gasteiger partial charge in [0.15, 0.2) is 5.78 Å². The maximum absolute atomic E-state index is 12.6. The standard InChI is InChI=1S/C38H44O7/c39-34-19-10-17-31-32(34)22-24-36(33(31)18-8-14-28-12-4-3-5-13-28)44-26-7-2-1-6-15-29-16-9-20-35(30(29)23-25-38(42)43)45-27-11-21-37(40)41/h3-5,8-9,12-14,16,20,22,24H,1-2,6-7,10-11,15,17-19,21,23,25-27H2,(H,40,41)(H,42,43). The summed E-state index contributed by atoms with van der Waals surface area (Å²) in [5.74, 6) is 0.0117. The highest BCUT2D eigenvalue weighted by Gasteiger charge is 2.22. The number of fused-ring (bicyclic) bond motifs is 1. The second-order valence-electron chi connectivity index (χ2n) is 11.5. The topological polar surface area (TPSA) is 110 Å². The number of carbonyl (C=O) groups is 3. The third-order valence-corrected chi connectivity index (χ3v) is 8.16. The Hall–Kier alpha value is -4.39. The molecule has 3 aromatic carbocycles. The van der Waals surface area contributed by atoms with Crippen molar-refractivity contribution in [1.29, 1.82) is 0 Å². The zero-order valence-electron chi connectivity index (χ0n) is 26.0. The van der Waals surface area contributed by atoms with Gasteiger partial charge in [-0.15, -0.1) is 0 Å². The normalized spacial score (nSPS) is 12.7. The summed E-state index contributed by atoms with van der Waals surface area (Å²) in [6, 6.07) is 19.9. The number of carboxylic acids is 2. The lowest BCUT2D eigenvalue weighted by atomic mass is 9.86. The number of Topliss-reactive ketones (excluding diaryl/α,β-unsaturated/α-hetero) is 1. The van der Waals surface area contributed by atoms with Crippen LogP contribution in [0.4, 0.5) is 0 Å². The molecule has 7 nitrogen and oxygen atoms in total. The zero-order valence-corrected chi connectivity index (χ0v) is 26.0. The van der Waals surface area contributed by atoms with Crippen LogP contribution in [0.1, 0.15) is 96.0 Å². The number of hydrogen-bond acceptors (Lipinski definition) is 5. The quantitative estimate of drug-likeness (QED) is 0.132. The van der Waals surface area contributed by atoms with E-state index in [-0.39, 0.29) is 25.2 Å². The molecule has 0 atom stereocenters. The van der Waals surface area contributed by atoms with Gasteiger partial charge in [0.2, 0.25) is 0 Å². The first-order valence-electron chi connectivity index (χ1n) is 16.1. The van der Waals surface area contributed by atoms with Gasteiger partial charge in [-0.3, -0.25) is 14.4 Å². The van der Waals surface area contributed by atoms with Gasteiger partial charge in [0.05, 0.1) is 13.2 Å². The summed E-state index contributed by atoms with van der Waals surface area (Å²) in [6.07, 6.45) is 12.9. The van der Waals surface area contributed by atoms with E-state index in [1.54, 1.807) is 0 Å². The summed E-state index contributed by atoms with van der Waals surface area (Å²) in [6.45, 7) is 0.882. The molecule has 0 spiro atoms. The Kier molecular flexibility index (Phi) is 13.2. The number of aryl methyl sites for hydroxylation is 1. The Morgan fingerprint density at radius 1 is 0.711 bits per heavy atom. The van der Waals surface area contributed by atoms with Gasteiger partial charge in [0.1, 0.15) is 11.5 Å². The maximum atomic E-state index is 12.6. The van der Waals surface area contributed by atoms with Crippen LogP contribution in [0.5, 0.6) is 11.5 Å². The fourth-order valence-corrected chi connectivity index (χ4v) is 5.87. The van der Waals surface area contributed by atoms with Gasteiger partial charge in [-0.05, 0) is 91.8 Å². The Morgan fingerprint density at radius 3 is 2.22 bits per heavy atom. The first-order chi connectivity index (χ1) is 21.9. The number of allylic oxidation sites excluding steroid dienone is 1. The van der Waals surface area contributed by atoms with Gasteiger partial charge < -0.3 is 19.7 Å². The Labute approximate surface area is 265 Å². The number of carboxylic acid groups (broad SMARTS) is 2. The van der Waals surface area contributed by atoms with Crippen molar-refractivity contribution < 1.29 is 34.1 Å². The number of rotatable bonds is 19. The SMILES string of the molecule is O=C(O)CCCOc1cccc(CCCCCCOc2ccc3c(c2CC=Cc2ccccc2)CCCC3=O)c1CCC(=O)O. The second-order valence-corrected chi connectivity index (χ2v) is 11.5. The Morgan fingerprint density at radius 2 is 1.44 bits per heavy atom. The van der Waals surface area contributed by atoms with E-state index in [9.17, 15) is 19.5 Å². The van der Waals surface area contributed by atoms with Crippen LogP contribution < -0.4 is 9.47 Å². The van der Waals surface area contributed by atoms with Crippen molar-refractivity contribution in [2.75, 3.05) is 13.2 Å². The number of ether oxygens (including phenoxy) is 2. The Bertz CT molecular complexity index is 1460. The zero-order chi connectivity index (χ0) is 31.9. The van der Waals surface area contributed by atoms with Gasteiger partial charge in [-0.2, -0.15) is 0 Å². The lowest BCUT2D eigenvalue weighted by Crippen LogP contribution is -2.14. The Balaban J connectivity index is 1.29. The molecule has 45 heavy (non-hydrogen) atoms. The van der Waals surface area contributed by atoms with Crippen LogP contribution >= 0.6 is 0 Å². The van der Waals surface area contributed by atoms with E-state index >= 15 is 0 Å². The van der Waals surface area contributed by atoms with Crippen molar-refractivity contribution >= 4 is 23.8 Å². The van der Waals surface area contributed by atoms with Crippen molar-refractivity contribution in [3.05, 3.63) is 100 Å². The van der Waals surface area contributed by atoms with Crippen molar-refractivity contribution in [1.82, 2.24) is 0 Å². The molecular formula is C38H44O7. The number of ketones is 1. The minimum absolute atomic E-state index is 0.0146. The van der Waals surface area contributed by atoms with Crippen LogP contribution in [0.15, 0.2) is 66.7 Å². The third-order valence-electron chi connectivity index (χ3n) is 8.16. The molecule has 1 aliphatic carbocycles. The van der Waals surface area contributed by atoms with E-state index in [4.69, 9.17) is 14.6 Å². The summed E-state index contributed by atoms with van der Waals surface area (Å²) in [5.41, 5.74) is 6.22. The molecule has 0 saturated carbocycles. The van der Waals surface area contributed by atoms with Crippen LogP contribution in [0.2, 0.25) is 0 Å². The largest absolute Gasteiger partial charge is 0.493 e. The molecule has 0 saturated heterocycles.